The third-order valence-corrected chi connectivity index (χ3v) is 5.11. The van der Waals surface area contributed by atoms with Gasteiger partial charge in [-0.15, -0.1) is 0 Å². The highest BCUT2D eigenvalue weighted by Gasteiger charge is 2.34. The zero-order valence-corrected chi connectivity index (χ0v) is 16.9. The largest absolute Gasteiger partial charge is 0.466 e. The molecule has 0 N–H and O–H groups in total. The molecule has 0 aliphatic carbocycles. The number of carbonyl (C=O) groups is 3. The lowest BCUT2D eigenvalue weighted by molar-refractivity contribution is -0.135. The van der Waals surface area contributed by atoms with E-state index in [4.69, 9.17) is 0 Å². The standard InChI is InChI=1S/C21H17FN2O5S/c1-28-18(25)11-17-19(26)24(12-13-3-7-15(22)8-4-13)21(30-17)23-16-9-5-14(6-10-16)20(27)29-2/h3-11H,12H2,1-2H3. The van der Waals surface area contributed by atoms with Crippen LogP contribution in [-0.4, -0.2) is 42.1 Å². The smallest absolute Gasteiger partial charge is 0.337 e. The van der Waals surface area contributed by atoms with Gasteiger partial charge < -0.3 is 9.47 Å². The van der Waals surface area contributed by atoms with Gasteiger partial charge in [0.15, 0.2) is 5.17 Å². The number of halogens is 1. The Morgan fingerprint density at radius 2 is 1.73 bits per heavy atom. The predicted octanol–water partition coefficient (Wildman–Crippen LogP) is 3.43. The Balaban J connectivity index is 1.93. The fourth-order valence-corrected chi connectivity index (χ4v) is 3.53. The number of ether oxygens (including phenoxy) is 2. The summed E-state index contributed by atoms with van der Waals surface area (Å²) in [7, 11) is 2.51. The molecule has 0 atom stereocenters. The monoisotopic (exact) mass is 428 g/mol. The van der Waals surface area contributed by atoms with Crippen LogP contribution in [0.25, 0.3) is 0 Å². The molecule has 0 bridgehead atoms. The number of esters is 2. The quantitative estimate of drug-likeness (QED) is 0.536. The van der Waals surface area contributed by atoms with Gasteiger partial charge in [0.1, 0.15) is 5.82 Å². The summed E-state index contributed by atoms with van der Waals surface area (Å²) in [5, 5.41) is 0.338. The SMILES string of the molecule is COC(=O)C=C1SC(=Nc2ccc(C(=O)OC)cc2)N(Cc2ccc(F)cc2)C1=O. The number of nitrogens with zero attached hydrogens (tertiary/aromatic N) is 2. The summed E-state index contributed by atoms with van der Waals surface area (Å²) in [6.07, 6.45) is 1.10. The lowest BCUT2D eigenvalue weighted by Crippen LogP contribution is -2.28. The molecule has 0 radical (unpaired) electrons. The van der Waals surface area contributed by atoms with Crippen LogP contribution in [0.1, 0.15) is 15.9 Å². The summed E-state index contributed by atoms with van der Waals surface area (Å²) in [6, 6.07) is 12.1. The van der Waals surface area contributed by atoms with Crippen molar-refractivity contribution in [2.75, 3.05) is 14.2 Å². The molecule has 0 aromatic heterocycles. The molecule has 2 aromatic carbocycles. The Morgan fingerprint density at radius 3 is 2.33 bits per heavy atom. The van der Waals surface area contributed by atoms with Crippen LogP contribution in [0, 0.1) is 5.82 Å². The van der Waals surface area contributed by atoms with E-state index in [2.05, 4.69) is 14.5 Å². The second kappa shape index (κ2) is 9.36. The van der Waals surface area contributed by atoms with Crippen molar-refractivity contribution in [1.29, 1.82) is 0 Å². The topological polar surface area (TPSA) is 85.3 Å². The number of methoxy groups -OCH3 is 2. The van der Waals surface area contributed by atoms with Gasteiger partial charge in [-0.05, 0) is 53.7 Å². The van der Waals surface area contributed by atoms with Crippen LogP contribution in [-0.2, 0) is 25.6 Å². The first-order chi connectivity index (χ1) is 14.4. The highest BCUT2D eigenvalue weighted by atomic mass is 32.2. The maximum Gasteiger partial charge on any atom is 0.337 e. The summed E-state index contributed by atoms with van der Waals surface area (Å²) in [4.78, 5) is 42.0. The molecule has 1 amide bonds. The summed E-state index contributed by atoms with van der Waals surface area (Å²) >= 11 is 1.02. The molecule has 3 rings (SSSR count). The fraction of sp³-hybridized carbons (Fsp3) is 0.143. The van der Waals surface area contributed by atoms with Crippen LogP contribution < -0.4 is 0 Å². The third-order valence-electron chi connectivity index (χ3n) is 4.11. The molecule has 154 valence electrons. The minimum atomic E-state index is -0.656. The van der Waals surface area contributed by atoms with E-state index in [1.165, 1.54) is 31.3 Å². The Bertz CT molecular complexity index is 1030. The first-order valence-corrected chi connectivity index (χ1v) is 9.54. The van der Waals surface area contributed by atoms with Crippen molar-refractivity contribution in [1.82, 2.24) is 4.90 Å². The Hall–Kier alpha value is -3.46. The summed E-state index contributed by atoms with van der Waals surface area (Å²) in [6.45, 7) is 0.143. The van der Waals surface area contributed by atoms with Crippen molar-refractivity contribution in [3.8, 4) is 0 Å². The zero-order valence-electron chi connectivity index (χ0n) is 16.1. The highest BCUT2D eigenvalue weighted by molar-refractivity contribution is 8.18. The average Bonchev–Trinajstić information content (AvgIpc) is 3.03. The van der Waals surface area contributed by atoms with E-state index in [0.717, 1.165) is 17.8 Å². The molecule has 0 unspecified atom stereocenters. The second-order valence-electron chi connectivity index (χ2n) is 6.08. The van der Waals surface area contributed by atoms with E-state index in [-0.39, 0.29) is 17.3 Å². The van der Waals surface area contributed by atoms with Gasteiger partial charge in [-0.1, -0.05) is 12.1 Å². The molecule has 7 nitrogen and oxygen atoms in total. The molecule has 1 heterocycles. The van der Waals surface area contributed by atoms with Gasteiger partial charge in [-0.3, -0.25) is 9.69 Å². The fourth-order valence-electron chi connectivity index (χ4n) is 2.57. The summed E-state index contributed by atoms with van der Waals surface area (Å²) < 4.78 is 22.5. The number of aliphatic imine (C=N–C) groups is 1. The average molecular weight is 428 g/mol. The Labute approximate surface area is 176 Å². The molecule has 1 saturated heterocycles. The van der Waals surface area contributed by atoms with Crippen LogP contribution in [0.15, 0.2) is 64.5 Å². The van der Waals surface area contributed by atoms with Crippen molar-refractivity contribution in [2.45, 2.75) is 6.54 Å². The van der Waals surface area contributed by atoms with Crippen molar-refractivity contribution in [2.24, 2.45) is 4.99 Å². The van der Waals surface area contributed by atoms with Gasteiger partial charge in [0.2, 0.25) is 0 Å². The van der Waals surface area contributed by atoms with E-state index in [0.29, 0.717) is 22.0 Å². The van der Waals surface area contributed by atoms with Crippen molar-refractivity contribution in [3.05, 3.63) is 76.5 Å². The van der Waals surface area contributed by atoms with Crippen molar-refractivity contribution >= 4 is 40.5 Å². The number of rotatable bonds is 5. The molecule has 1 fully saturated rings. The number of amidine groups is 1. The minimum absolute atomic E-state index is 0.143. The van der Waals surface area contributed by atoms with Crippen LogP contribution in [0.5, 0.6) is 0 Å². The number of hydrogen-bond donors (Lipinski definition) is 0. The van der Waals surface area contributed by atoms with Gasteiger partial charge in [0.25, 0.3) is 5.91 Å². The van der Waals surface area contributed by atoms with Crippen LogP contribution >= 0.6 is 11.8 Å². The molecule has 0 spiro atoms. The lowest BCUT2D eigenvalue weighted by atomic mass is 10.2. The molecular weight excluding hydrogens is 411 g/mol. The molecule has 0 saturated carbocycles. The molecule has 30 heavy (non-hydrogen) atoms. The maximum absolute atomic E-state index is 13.2. The normalized spacial score (nSPS) is 16.2. The van der Waals surface area contributed by atoms with E-state index in [1.54, 1.807) is 36.4 Å². The van der Waals surface area contributed by atoms with E-state index >= 15 is 0 Å². The van der Waals surface area contributed by atoms with E-state index < -0.39 is 17.8 Å². The molecule has 2 aromatic rings. The van der Waals surface area contributed by atoms with E-state index in [1.807, 2.05) is 0 Å². The van der Waals surface area contributed by atoms with Gasteiger partial charge in [0.05, 0.1) is 36.9 Å². The van der Waals surface area contributed by atoms with E-state index in [9.17, 15) is 18.8 Å². The highest BCUT2D eigenvalue weighted by Crippen LogP contribution is 2.34. The minimum Gasteiger partial charge on any atom is -0.466 e. The second-order valence-corrected chi connectivity index (χ2v) is 7.09. The van der Waals surface area contributed by atoms with Crippen LogP contribution in [0.3, 0.4) is 0 Å². The number of amides is 1. The van der Waals surface area contributed by atoms with Crippen molar-refractivity contribution in [3.63, 3.8) is 0 Å². The van der Waals surface area contributed by atoms with Gasteiger partial charge in [0, 0.05) is 6.08 Å². The summed E-state index contributed by atoms with van der Waals surface area (Å²) in [5.41, 5.74) is 1.56. The van der Waals surface area contributed by atoms with Crippen molar-refractivity contribution < 1.29 is 28.2 Å². The first kappa shape index (κ1) is 21.3. The van der Waals surface area contributed by atoms with Gasteiger partial charge in [-0.2, -0.15) is 0 Å². The first-order valence-electron chi connectivity index (χ1n) is 8.72. The summed E-state index contributed by atoms with van der Waals surface area (Å²) in [5.74, 6) is -1.93. The molecular formula is C21H17FN2O5S. The Morgan fingerprint density at radius 1 is 1.07 bits per heavy atom. The third kappa shape index (κ3) is 4.93. The number of carbonyl (C=O) groups excluding carboxylic acids is 3. The van der Waals surface area contributed by atoms with Crippen LogP contribution in [0.2, 0.25) is 0 Å². The molecule has 1 aliphatic rings. The van der Waals surface area contributed by atoms with Gasteiger partial charge >= 0.3 is 11.9 Å². The predicted molar refractivity (Wildman–Crippen MR) is 110 cm³/mol. The number of benzene rings is 2. The molecule has 9 heteroatoms. The zero-order chi connectivity index (χ0) is 21.7. The molecule has 1 aliphatic heterocycles. The Kier molecular flexibility index (Phi) is 6.63. The lowest BCUT2D eigenvalue weighted by Gasteiger charge is -2.15. The maximum atomic E-state index is 13.2. The number of thioether (sulfide) groups is 1. The number of hydrogen-bond acceptors (Lipinski definition) is 7. The van der Waals surface area contributed by atoms with Gasteiger partial charge in [-0.25, -0.2) is 19.0 Å². The van der Waals surface area contributed by atoms with Crippen LogP contribution in [0.4, 0.5) is 10.1 Å².